The Morgan fingerprint density at radius 3 is 2.91 bits per heavy atom. The monoisotopic (exact) mass is 322 g/mol. The van der Waals surface area contributed by atoms with Crippen LogP contribution >= 0.6 is 11.8 Å². The van der Waals surface area contributed by atoms with Gasteiger partial charge in [0.25, 0.3) is 5.91 Å². The van der Waals surface area contributed by atoms with Crippen molar-refractivity contribution in [1.29, 1.82) is 5.26 Å². The molecule has 1 aromatic heterocycles. The number of benzene rings is 1. The normalized spacial score (nSPS) is 15.9. The van der Waals surface area contributed by atoms with Crippen molar-refractivity contribution in [3.63, 3.8) is 0 Å². The number of thioether (sulfide) groups is 1. The summed E-state index contributed by atoms with van der Waals surface area (Å²) >= 11 is 1.17. The zero-order chi connectivity index (χ0) is 16.4. The standard InChI is InChI=1S/C17H14N4OS/c1-2-3-12-11(8-18)9-20-14-5-4-10(6-13(12)14)7-15-16(22)21-17(19)23-15/h4-7,9H,2-3H2,1H3,(H2,19,21,22). The molecule has 5 nitrogen and oxygen atoms in total. The number of nitrogens with two attached hydrogens (primary N) is 1. The Balaban J connectivity index is 2.11. The topological polar surface area (TPSA) is 92.1 Å². The highest BCUT2D eigenvalue weighted by atomic mass is 32.2. The quantitative estimate of drug-likeness (QED) is 0.877. The predicted octanol–water partition coefficient (Wildman–Crippen LogP) is 2.99. The summed E-state index contributed by atoms with van der Waals surface area (Å²) in [6.07, 6.45) is 5.14. The first-order chi connectivity index (χ1) is 11.1. The second-order valence-electron chi connectivity index (χ2n) is 5.15. The third-order valence-corrected chi connectivity index (χ3v) is 4.37. The fraction of sp³-hybridized carbons (Fsp3) is 0.176. The van der Waals surface area contributed by atoms with Crippen molar-refractivity contribution >= 4 is 39.8 Å². The average Bonchev–Trinajstić information content (AvgIpc) is 2.85. The molecule has 0 spiro atoms. The first-order valence-electron chi connectivity index (χ1n) is 7.22. The molecule has 1 aliphatic rings. The number of hydrogen-bond donors (Lipinski definition) is 1. The number of carbonyl (C=O) groups is 1. The molecule has 23 heavy (non-hydrogen) atoms. The summed E-state index contributed by atoms with van der Waals surface area (Å²) in [5.74, 6) is -0.315. The molecule has 3 rings (SSSR count). The van der Waals surface area contributed by atoms with Crippen LogP contribution in [-0.4, -0.2) is 16.1 Å². The first kappa shape index (κ1) is 15.3. The molecular weight excluding hydrogens is 308 g/mol. The van der Waals surface area contributed by atoms with E-state index in [-0.39, 0.29) is 11.1 Å². The Kier molecular flexibility index (Phi) is 4.13. The maximum Gasteiger partial charge on any atom is 0.286 e. The summed E-state index contributed by atoms with van der Waals surface area (Å²) in [6.45, 7) is 2.08. The molecule has 2 N–H and O–H groups in total. The number of carbonyl (C=O) groups excluding carboxylic acids is 1. The van der Waals surface area contributed by atoms with Gasteiger partial charge in [-0.1, -0.05) is 19.4 Å². The number of hydrogen-bond acceptors (Lipinski definition) is 5. The number of fused-ring (bicyclic) bond motifs is 1. The molecule has 1 amide bonds. The SMILES string of the molecule is CCCc1c(C#N)cnc2ccc(C=C3SC(N)=NC3=O)cc12. The van der Waals surface area contributed by atoms with Gasteiger partial charge in [-0.25, -0.2) is 0 Å². The summed E-state index contributed by atoms with van der Waals surface area (Å²) in [6, 6.07) is 7.96. The number of nitrogens with zero attached hydrogens (tertiary/aromatic N) is 3. The molecule has 2 aromatic rings. The lowest BCUT2D eigenvalue weighted by Crippen LogP contribution is -2.01. The van der Waals surface area contributed by atoms with Crippen LogP contribution < -0.4 is 5.73 Å². The molecule has 114 valence electrons. The maximum absolute atomic E-state index is 11.7. The van der Waals surface area contributed by atoms with E-state index in [0.717, 1.165) is 34.9 Å². The third kappa shape index (κ3) is 2.96. The van der Waals surface area contributed by atoms with Crippen LogP contribution in [0, 0.1) is 11.3 Å². The number of rotatable bonds is 3. The van der Waals surface area contributed by atoms with E-state index in [1.165, 1.54) is 11.8 Å². The molecule has 0 unspecified atom stereocenters. The van der Waals surface area contributed by atoms with Gasteiger partial charge >= 0.3 is 0 Å². The van der Waals surface area contributed by atoms with E-state index in [0.29, 0.717) is 10.5 Å². The van der Waals surface area contributed by atoms with Gasteiger partial charge in [0.2, 0.25) is 0 Å². The van der Waals surface area contributed by atoms with Gasteiger partial charge in [0.15, 0.2) is 5.17 Å². The second kappa shape index (κ2) is 6.23. The van der Waals surface area contributed by atoms with Crippen LogP contribution in [0.4, 0.5) is 0 Å². The van der Waals surface area contributed by atoms with Crippen molar-refractivity contribution < 1.29 is 4.79 Å². The van der Waals surface area contributed by atoms with Crippen LogP contribution in [0.1, 0.15) is 30.0 Å². The van der Waals surface area contributed by atoms with E-state index in [9.17, 15) is 10.1 Å². The number of amidine groups is 1. The van der Waals surface area contributed by atoms with E-state index in [1.807, 2.05) is 18.2 Å². The van der Waals surface area contributed by atoms with Gasteiger partial charge in [-0.2, -0.15) is 10.3 Å². The van der Waals surface area contributed by atoms with E-state index >= 15 is 0 Å². The van der Waals surface area contributed by atoms with Crippen molar-refractivity contribution in [2.45, 2.75) is 19.8 Å². The fourth-order valence-corrected chi connectivity index (χ4v) is 3.23. The van der Waals surface area contributed by atoms with Gasteiger partial charge in [0.1, 0.15) is 6.07 Å². The van der Waals surface area contributed by atoms with Crippen molar-refractivity contribution in [2.75, 3.05) is 0 Å². The summed E-state index contributed by atoms with van der Waals surface area (Å²) in [5, 5.41) is 10.5. The lowest BCUT2D eigenvalue weighted by Gasteiger charge is -2.08. The highest BCUT2D eigenvalue weighted by molar-refractivity contribution is 8.18. The van der Waals surface area contributed by atoms with Crippen LogP contribution in [0.15, 0.2) is 34.3 Å². The van der Waals surface area contributed by atoms with Gasteiger partial charge < -0.3 is 5.73 Å². The second-order valence-corrected chi connectivity index (χ2v) is 6.22. The molecule has 0 saturated heterocycles. The van der Waals surface area contributed by atoms with Crippen LogP contribution in [0.2, 0.25) is 0 Å². The summed E-state index contributed by atoms with van der Waals surface area (Å²) in [4.78, 5) is 20.2. The highest BCUT2D eigenvalue weighted by Crippen LogP contribution is 2.28. The lowest BCUT2D eigenvalue weighted by molar-refractivity contribution is -0.113. The Bertz CT molecular complexity index is 909. The summed E-state index contributed by atoms with van der Waals surface area (Å²) in [7, 11) is 0. The Hall–Kier alpha value is -2.65. The van der Waals surface area contributed by atoms with E-state index < -0.39 is 0 Å². The molecule has 1 aromatic carbocycles. The maximum atomic E-state index is 11.7. The van der Waals surface area contributed by atoms with Crippen molar-refractivity contribution in [2.24, 2.45) is 10.7 Å². The van der Waals surface area contributed by atoms with Crippen molar-refractivity contribution in [3.8, 4) is 6.07 Å². The third-order valence-electron chi connectivity index (χ3n) is 3.56. The van der Waals surface area contributed by atoms with Gasteiger partial charge in [0, 0.05) is 11.6 Å². The molecule has 0 bridgehead atoms. The number of nitriles is 1. The number of amides is 1. The van der Waals surface area contributed by atoms with E-state index in [2.05, 4.69) is 23.0 Å². The number of aryl methyl sites for hydroxylation is 1. The molecule has 0 atom stereocenters. The average molecular weight is 322 g/mol. The largest absolute Gasteiger partial charge is 0.378 e. The minimum absolute atomic E-state index is 0.266. The van der Waals surface area contributed by atoms with Gasteiger partial charge in [0.05, 0.1) is 16.0 Å². The summed E-state index contributed by atoms with van der Waals surface area (Å²) < 4.78 is 0. The van der Waals surface area contributed by atoms with Crippen LogP contribution in [0.5, 0.6) is 0 Å². The van der Waals surface area contributed by atoms with Crippen molar-refractivity contribution in [1.82, 2.24) is 4.98 Å². The lowest BCUT2D eigenvalue weighted by atomic mass is 9.98. The number of pyridine rings is 1. The van der Waals surface area contributed by atoms with Crippen LogP contribution in [0.25, 0.3) is 17.0 Å². The van der Waals surface area contributed by atoms with E-state index in [1.54, 1.807) is 12.3 Å². The predicted molar refractivity (Wildman–Crippen MR) is 92.7 cm³/mol. The molecule has 6 heteroatoms. The Morgan fingerprint density at radius 1 is 1.43 bits per heavy atom. The van der Waals surface area contributed by atoms with Crippen LogP contribution in [0.3, 0.4) is 0 Å². The van der Waals surface area contributed by atoms with Crippen LogP contribution in [-0.2, 0) is 11.2 Å². The molecular formula is C17H14N4OS. The molecule has 2 heterocycles. The number of aromatic nitrogens is 1. The molecule has 0 fully saturated rings. The Labute approximate surface area is 137 Å². The van der Waals surface area contributed by atoms with E-state index in [4.69, 9.17) is 5.73 Å². The zero-order valence-electron chi connectivity index (χ0n) is 12.5. The minimum atomic E-state index is -0.315. The van der Waals surface area contributed by atoms with Gasteiger partial charge in [-0.3, -0.25) is 9.78 Å². The first-order valence-corrected chi connectivity index (χ1v) is 8.03. The van der Waals surface area contributed by atoms with Crippen molar-refractivity contribution in [3.05, 3.63) is 46.0 Å². The van der Waals surface area contributed by atoms with Gasteiger partial charge in [-0.15, -0.1) is 0 Å². The Morgan fingerprint density at radius 2 is 2.26 bits per heavy atom. The zero-order valence-corrected chi connectivity index (χ0v) is 13.4. The number of aliphatic imine (C=N–C) groups is 1. The smallest absolute Gasteiger partial charge is 0.286 e. The summed E-state index contributed by atoms with van der Waals surface area (Å²) in [5.41, 5.74) is 8.88. The fourth-order valence-electron chi connectivity index (χ4n) is 2.55. The minimum Gasteiger partial charge on any atom is -0.378 e. The van der Waals surface area contributed by atoms with Gasteiger partial charge in [-0.05, 0) is 47.5 Å². The molecule has 0 saturated carbocycles. The highest BCUT2D eigenvalue weighted by Gasteiger charge is 2.19. The molecule has 0 radical (unpaired) electrons. The molecule has 0 aliphatic carbocycles. The molecule has 1 aliphatic heterocycles.